The maximum absolute atomic E-state index is 12.9. The van der Waals surface area contributed by atoms with Crippen LogP contribution in [0.1, 0.15) is 12.5 Å². The summed E-state index contributed by atoms with van der Waals surface area (Å²) >= 11 is 7.07. The first-order valence-corrected chi connectivity index (χ1v) is 10.7. The smallest absolute Gasteiger partial charge is 0.383 e. The number of halogens is 4. The summed E-state index contributed by atoms with van der Waals surface area (Å²) in [6.45, 7) is 2.11. The summed E-state index contributed by atoms with van der Waals surface area (Å²) in [6, 6.07) is 8.91. The Bertz CT molecular complexity index is 1180. The van der Waals surface area contributed by atoms with Crippen LogP contribution < -0.4 is 10.9 Å². The molecule has 6 nitrogen and oxygen atoms in total. The molecule has 0 spiro atoms. The quantitative estimate of drug-likeness (QED) is 0.383. The van der Waals surface area contributed by atoms with Crippen LogP contribution in [-0.4, -0.2) is 34.4 Å². The van der Waals surface area contributed by atoms with Gasteiger partial charge in [-0.2, -0.15) is 13.2 Å². The van der Waals surface area contributed by atoms with Crippen molar-refractivity contribution in [3.8, 4) is 0 Å². The van der Waals surface area contributed by atoms with E-state index in [1.807, 2.05) is 0 Å². The summed E-state index contributed by atoms with van der Waals surface area (Å²) in [4.78, 5) is 30.1. The van der Waals surface area contributed by atoms with Crippen LogP contribution in [0.5, 0.6) is 0 Å². The van der Waals surface area contributed by atoms with Crippen molar-refractivity contribution in [2.75, 3.05) is 19.0 Å². The SMILES string of the molecule is COCCn1c(S[C@@H](C)C(=O)Nc2ccc(C(F)(F)F)cc2)nc2cc(Cl)ccc2c1=O. The number of hydrogen-bond acceptors (Lipinski definition) is 5. The van der Waals surface area contributed by atoms with E-state index in [1.165, 1.54) is 23.8 Å². The molecule has 0 aliphatic rings. The van der Waals surface area contributed by atoms with E-state index in [9.17, 15) is 22.8 Å². The van der Waals surface area contributed by atoms with Gasteiger partial charge in [-0.15, -0.1) is 0 Å². The molecule has 32 heavy (non-hydrogen) atoms. The average molecular weight is 486 g/mol. The topological polar surface area (TPSA) is 73.2 Å². The molecule has 1 amide bonds. The molecule has 1 atom stereocenters. The number of fused-ring (bicyclic) bond motifs is 1. The van der Waals surface area contributed by atoms with Crippen molar-refractivity contribution in [2.45, 2.75) is 30.1 Å². The third-order valence-electron chi connectivity index (χ3n) is 4.53. The summed E-state index contributed by atoms with van der Waals surface area (Å²) < 4.78 is 44.6. The number of ether oxygens (including phenoxy) is 1. The Morgan fingerprint density at radius 1 is 1.25 bits per heavy atom. The molecule has 0 aliphatic carbocycles. The number of nitrogens with one attached hydrogen (secondary N) is 1. The summed E-state index contributed by atoms with van der Waals surface area (Å²) in [5, 5.41) is 2.98. The molecule has 0 bridgehead atoms. The highest BCUT2D eigenvalue weighted by Crippen LogP contribution is 2.30. The third kappa shape index (κ3) is 5.62. The molecule has 1 aromatic heterocycles. The second kappa shape index (κ2) is 9.93. The number of benzene rings is 2. The Hall–Kier alpha value is -2.56. The zero-order valence-corrected chi connectivity index (χ0v) is 18.6. The number of nitrogens with zero attached hydrogens (tertiary/aromatic N) is 2. The summed E-state index contributed by atoms with van der Waals surface area (Å²) in [5.74, 6) is -0.450. The molecule has 1 N–H and O–H groups in total. The van der Waals surface area contributed by atoms with E-state index in [-0.39, 0.29) is 24.4 Å². The van der Waals surface area contributed by atoms with Crippen LogP contribution in [0.4, 0.5) is 18.9 Å². The molecule has 3 aromatic rings. The number of hydrogen-bond donors (Lipinski definition) is 1. The molecule has 0 unspecified atom stereocenters. The maximum Gasteiger partial charge on any atom is 0.416 e. The monoisotopic (exact) mass is 485 g/mol. The Kier molecular flexibility index (Phi) is 7.47. The fourth-order valence-corrected chi connectivity index (χ4v) is 3.94. The number of carbonyl (C=O) groups is 1. The Balaban J connectivity index is 1.83. The van der Waals surface area contributed by atoms with Gasteiger partial charge in [0.2, 0.25) is 5.91 Å². The molecule has 11 heteroatoms. The molecule has 0 radical (unpaired) electrons. The molecule has 0 saturated carbocycles. The van der Waals surface area contributed by atoms with Gasteiger partial charge in [-0.05, 0) is 49.4 Å². The second-order valence-electron chi connectivity index (χ2n) is 6.83. The van der Waals surface area contributed by atoms with E-state index in [1.54, 1.807) is 25.1 Å². The second-order valence-corrected chi connectivity index (χ2v) is 8.57. The van der Waals surface area contributed by atoms with E-state index in [0.29, 0.717) is 21.1 Å². The molecule has 0 aliphatic heterocycles. The van der Waals surface area contributed by atoms with E-state index < -0.39 is 22.9 Å². The first-order chi connectivity index (χ1) is 15.1. The van der Waals surface area contributed by atoms with E-state index in [4.69, 9.17) is 16.3 Å². The minimum atomic E-state index is -4.46. The normalized spacial score (nSPS) is 12.7. The van der Waals surface area contributed by atoms with Crippen molar-refractivity contribution < 1.29 is 22.7 Å². The average Bonchev–Trinajstić information content (AvgIpc) is 2.73. The van der Waals surface area contributed by atoms with Crippen LogP contribution in [0.15, 0.2) is 52.4 Å². The Morgan fingerprint density at radius 3 is 2.56 bits per heavy atom. The number of methoxy groups -OCH3 is 1. The van der Waals surface area contributed by atoms with Crippen molar-refractivity contribution >= 4 is 45.9 Å². The molecule has 2 aromatic carbocycles. The first kappa shape index (κ1) is 24.1. The third-order valence-corrected chi connectivity index (χ3v) is 5.86. The van der Waals surface area contributed by atoms with Crippen molar-refractivity contribution in [2.24, 2.45) is 0 Å². The summed E-state index contributed by atoms with van der Waals surface area (Å²) in [5.41, 5.74) is -0.472. The van der Waals surface area contributed by atoms with Gasteiger partial charge >= 0.3 is 6.18 Å². The van der Waals surface area contributed by atoms with Crippen LogP contribution >= 0.6 is 23.4 Å². The van der Waals surface area contributed by atoms with E-state index in [2.05, 4.69) is 10.3 Å². The lowest BCUT2D eigenvalue weighted by Crippen LogP contribution is -2.28. The number of aromatic nitrogens is 2. The number of thioether (sulfide) groups is 1. The van der Waals surface area contributed by atoms with Gasteiger partial charge in [-0.3, -0.25) is 14.2 Å². The van der Waals surface area contributed by atoms with Gasteiger partial charge in [-0.25, -0.2) is 4.98 Å². The predicted octanol–water partition coefficient (Wildman–Crippen LogP) is 4.83. The van der Waals surface area contributed by atoms with Gasteiger partial charge < -0.3 is 10.1 Å². The van der Waals surface area contributed by atoms with Gasteiger partial charge in [0, 0.05) is 17.8 Å². The summed E-state index contributed by atoms with van der Waals surface area (Å²) in [6.07, 6.45) is -4.46. The molecular weight excluding hydrogens is 467 g/mol. The van der Waals surface area contributed by atoms with Crippen molar-refractivity contribution in [3.63, 3.8) is 0 Å². The maximum atomic E-state index is 12.9. The number of carbonyl (C=O) groups excluding carboxylic acids is 1. The van der Waals surface area contributed by atoms with Crippen LogP contribution in [-0.2, 0) is 22.3 Å². The number of rotatable bonds is 7. The van der Waals surface area contributed by atoms with E-state index in [0.717, 1.165) is 23.9 Å². The molecule has 1 heterocycles. The lowest BCUT2D eigenvalue weighted by Gasteiger charge is -2.16. The van der Waals surface area contributed by atoms with Crippen LogP contribution in [0.25, 0.3) is 10.9 Å². The summed E-state index contributed by atoms with van der Waals surface area (Å²) in [7, 11) is 1.51. The highest BCUT2D eigenvalue weighted by molar-refractivity contribution is 8.00. The Labute approximate surface area is 190 Å². The minimum absolute atomic E-state index is 0.227. The lowest BCUT2D eigenvalue weighted by molar-refractivity contribution is -0.137. The van der Waals surface area contributed by atoms with Crippen molar-refractivity contribution in [1.82, 2.24) is 9.55 Å². The number of alkyl halides is 3. The fourth-order valence-electron chi connectivity index (χ4n) is 2.84. The molecule has 3 rings (SSSR count). The molecule has 0 saturated heterocycles. The zero-order chi connectivity index (χ0) is 23.5. The largest absolute Gasteiger partial charge is 0.416 e. The first-order valence-electron chi connectivity index (χ1n) is 9.44. The van der Waals surface area contributed by atoms with Crippen LogP contribution in [0.2, 0.25) is 5.02 Å². The standard InChI is InChI=1S/C21H19ClF3N3O3S/c1-12(18(29)26-15-6-3-13(4-7-15)21(23,24)25)32-20-27-17-11-14(22)5-8-16(17)19(30)28(20)9-10-31-2/h3-8,11-12H,9-10H2,1-2H3,(H,26,29)/t12-/m0/s1. The fraction of sp³-hybridized carbons (Fsp3) is 0.286. The number of amides is 1. The van der Waals surface area contributed by atoms with Gasteiger partial charge in [0.25, 0.3) is 5.56 Å². The van der Waals surface area contributed by atoms with Gasteiger partial charge in [0.05, 0.1) is 34.9 Å². The predicted molar refractivity (Wildman–Crippen MR) is 118 cm³/mol. The van der Waals surface area contributed by atoms with Gasteiger partial charge in [0.15, 0.2) is 5.16 Å². The van der Waals surface area contributed by atoms with Gasteiger partial charge in [-0.1, -0.05) is 23.4 Å². The highest BCUT2D eigenvalue weighted by atomic mass is 35.5. The van der Waals surface area contributed by atoms with Crippen LogP contribution in [0.3, 0.4) is 0 Å². The van der Waals surface area contributed by atoms with E-state index >= 15 is 0 Å². The number of anilines is 1. The molecule has 170 valence electrons. The van der Waals surface area contributed by atoms with Crippen molar-refractivity contribution in [1.29, 1.82) is 0 Å². The Morgan fingerprint density at radius 2 is 1.94 bits per heavy atom. The van der Waals surface area contributed by atoms with Crippen molar-refractivity contribution in [3.05, 3.63) is 63.4 Å². The van der Waals surface area contributed by atoms with Crippen LogP contribution in [0, 0.1) is 0 Å². The molecule has 0 fully saturated rings. The zero-order valence-electron chi connectivity index (χ0n) is 17.1. The minimum Gasteiger partial charge on any atom is -0.383 e. The molecular formula is C21H19ClF3N3O3S. The highest BCUT2D eigenvalue weighted by Gasteiger charge is 2.30. The lowest BCUT2D eigenvalue weighted by atomic mass is 10.2. The van der Waals surface area contributed by atoms with Gasteiger partial charge in [0.1, 0.15) is 0 Å².